The van der Waals surface area contributed by atoms with Crippen LogP contribution in [0.2, 0.25) is 0 Å². The van der Waals surface area contributed by atoms with Crippen LogP contribution < -0.4 is 10.1 Å². The summed E-state index contributed by atoms with van der Waals surface area (Å²) in [6.45, 7) is 5.49. The van der Waals surface area contributed by atoms with E-state index >= 15 is 0 Å². The van der Waals surface area contributed by atoms with Gasteiger partial charge in [0, 0.05) is 0 Å². The highest BCUT2D eigenvalue weighted by Crippen LogP contribution is 2.19. The number of hydrogen-bond acceptors (Lipinski definition) is 5. The fraction of sp³-hybridized carbons (Fsp3) is 0.400. The summed E-state index contributed by atoms with van der Waals surface area (Å²) < 4.78 is 10.4. The van der Waals surface area contributed by atoms with E-state index in [0.717, 1.165) is 0 Å². The van der Waals surface area contributed by atoms with E-state index in [1.54, 1.807) is 20.8 Å². The highest BCUT2D eigenvalue weighted by molar-refractivity contribution is 5.88. The minimum atomic E-state index is -1.11. The Morgan fingerprint density at radius 2 is 2.05 bits per heavy atom. The molecule has 0 saturated heterocycles. The summed E-state index contributed by atoms with van der Waals surface area (Å²) in [6, 6.07) is 5.89. The summed E-state index contributed by atoms with van der Waals surface area (Å²) in [5.41, 5.74) is -0.342. The van der Waals surface area contributed by atoms with Gasteiger partial charge in [0.25, 0.3) is 0 Å². The Labute approximate surface area is 128 Å². The molecule has 22 heavy (non-hydrogen) atoms. The topological polar surface area (TPSA) is 109 Å². The number of carbonyl (C=O) groups excluding carboxylic acids is 1. The van der Waals surface area contributed by atoms with Crippen LogP contribution in [0.4, 0.5) is 4.79 Å². The van der Waals surface area contributed by atoms with E-state index < -0.39 is 17.7 Å². The first-order valence-corrected chi connectivity index (χ1v) is 6.60. The Morgan fingerprint density at radius 1 is 1.36 bits per heavy atom. The lowest BCUT2D eigenvalue weighted by Crippen LogP contribution is -2.34. The third-order valence-corrected chi connectivity index (χ3v) is 2.38. The number of benzene rings is 1. The molecule has 0 radical (unpaired) electrons. The third-order valence-electron chi connectivity index (χ3n) is 2.38. The highest BCUT2D eigenvalue weighted by Gasteiger charge is 2.15. The van der Waals surface area contributed by atoms with Crippen LogP contribution in [0.1, 0.15) is 36.7 Å². The first-order valence-electron chi connectivity index (χ1n) is 6.60. The second-order valence-electron chi connectivity index (χ2n) is 5.41. The molecule has 1 aromatic carbocycles. The van der Waals surface area contributed by atoms with Crippen LogP contribution in [0.15, 0.2) is 18.2 Å². The lowest BCUT2D eigenvalue weighted by molar-refractivity contribution is 0.0520. The fourth-order valence-electron chi connectivity index (χ4n) is 1.50. The van der Waals surface area contributed by atoms with Gasteiger partial charge in [-0.05, 0) is 39.0 Å². The fourth-order valence-corrected chi connectivity index (χ4v) is 1.50. The van der Waals surface area contributed by atoms with Crippen molar-refractivity contribution in [1.29, 1.82) is 5.26 Å². The highest BCUT2D eigenvalue weighted by atomic mass is 16.6. The minimum Gasteiger partial charge on any atom is -0.490 e. The predicted molar refractivity (Wildman–Crippen MR) is 77.8 cm³/mol. The predicted octanol–water partition coefficient (Wildman–Crippen LogP) is 2.16. The van der Waals surface area contributed by atoms with Gasteiger partial charge in [0.15, 0.2) is 0 Å². The maximum absolute atomic E-state index is 11.4. The number of amides is 1. The van der Waals surface area contributed by atoms with Crippen molar-refractivity contribution in [2.45, 2.75) is 26.4 Å². The van der Waals surface area contributed by atoms with Crippen LogP contribution in [-0.2, 0) is 4.74 Å². The van der Waals surface area contributed by atoms with Gasteiger partial charge in [0.1, 0.15) is 24.0 Å². The first-order chi connectivity index (χ1) is 10.2. The Bertz CT molecular complexity index is 599. The SMILES string of the molecule is CC(C)(C)OC(=O)NCCOc1cc(C(=O)O)ccc1C#N. The van der Waals surface area contributed by atoms with E-state index in [4.69, 9.17) is 19.8 Å². The quantitative estimate of drug-likeness (QED) is 0.807. The lowest BCUT2D eigenvalue weighted by atomic mass is 10.1. The van der Waals surface area contributed by atoms with Crippen molar-refractivity contribution in [2.24, 2.45) is 0 Å². The summed E-state index contributed by atoms with van der Waals surface area (Å²) >= 11 is 0. The largest absolute Gasteiger partial charge is 0.490 e. The van der Waals surface area contributed by atoms with Crippen molar-refractivity contribution in [3.05, 3.63) is 29.3 Å². The van der Waals surface area contributed by atoms with Crippen molar-refractivity contribution in [3.63, 3.8) is 0 Å². The van der Waals surface area contributed by atoms with Gasteiger partial charge in [-0.2, -0.15) is 5.26 Å². The number of carboxylic acid groups (broad SMARTS) is 1. The van der Waals surface area contributed by atoms with Crippen molar-refractivity contribution in [2.75, 3.05) is 13.2 Å². The molecule has 0 spiro atoms. The number of nitriles is 1. The molecule has 1 amide bonds. The van der Waals surface area contributed by atoms with Gasteiger partial charge in [-0.1, -0.05) is 0 Å². The van der Waals surface area contributed by atoms with Crippen molar-refractivity contribution < 1.29 is 24.2 Å². The van der Waals surface area contributed by atoms with E-state index in [1.807, 2.05) is 6.07 Å². The molecule has 2 N–H and O–H groups in total. The monoisotopic (exact) mass is 306 g/mol. The summed E-state index contributed by atoms with van der Waals surface area (Å²) in [6.07, 6.45) is -0.573. The van der Waals surface area contributed by atoms with Gasteiger partial charge in [-0.3, -0.25) is 0 Å². The summed E-state index contributed by atoms with van der Waals surface area (Å²) in [4.78, 5) is 22.3. The van der Waals surface area contributed by atoms with Gasteiger partial charge < -0.3 is 19.9 Å². The van der Waals surface area contributed by atoms with Crippen LogP contribution in [0.3, 0.4) is 0 Å². The van der Waals surface area contributed by atoms with E-state index in [0.29, 0.717) is 0 Å². The average molecular weight is 306 g/mol. The molecule has 7 heteroatoms. The van der Waals surface area contributed by atoms with Crippen LogP contribution >= 0.6 is 0 Å². The second-order valence-corrected chi connectivity index (χ2v) is 5.41. The Balaban J connectivity index is 2.54. The Hall–Kier alpha value is -2.75. The number of rotatable bonds is 5. The van der Waals surface area contributed by atoms with Crippen LogP contribution in [0, 0.1) is 11.3 Å². The zero-order valence-corrected chi connectivity index (χ0v) is 12.7. The Morgan fingerprint density at radius 3 is 2.59 bits per heavy atom. The van der Waals surface area contributed by atoms with Crippen LogP contribution in [0.25, 0.3) is 0 Å². The summed E-state index contributed by atoms with van der Waals surface area (Å²) in [5.74, 6) is -0.949. The van der Waals surface area contributed by atoms with Crippen LogP contribution in [-0.4, -0.2) is 35.9 Å². The summed E-state index contributed by atoms with van der Waals surface area (Å²) in [7, 11) is 0. The van der Waals surface area contributed by atoms with Crippen molar-refractivity contribution >= 4 is 12.1 Å². The normalized spacial score (nSPS) is 10.5. The number of aromatic carboxylic acids is 1. The number of hydrogen-bond donors (Lipinski definition) is 2. The molecule has 0 atom stereocenters. The third kappa shape index (κ3) is 5.71. The molecule has 0 fully saturated rings. The molecular weight excluding hydrogens is 288 g/mol. The number of alkyl carbamates (subject to hydrolysis) is 1. The van der Waals surface area contributed by atoms with E-state index in [2.05, 4.69) is 5.32 Å². The molecule has 0 aromatic heterocycles. The van der Waals surface area contributed by atoms with E-state index in [-0.39, 0.29) is 30.0 Å². The van der Waals surface area contributed by atoms with Gasteiger partial charge in [-0.25, -0.2) is 9.59 Å². The molecule has 0 aliphatic carbocycles. The minimum absolute atomic E-state index is 0.0223. The molecule has 0 aliphatic rings. The standard InChI is InChI=1S/C15H18N2O5/c1-15(2,3)22-14(20)17-6-7-21-12-8-10(13(18)19)4-5-11(12)9-16/h4-5,8H,6-7H2,1-3H3,(H,17,20)(H,18,19). The molecule has 118 valence electrons. The van der Waals surface area contributed by atoms with E-state index in [9.17, 15) is 9.59 Å². The molecule has 0 aliphatic heterocycles. The Kier molecular flexibility index (Phi) is 5.75. The number of ether oxygens (including phenoxy) is 2. The first kappa shape index (κ1) is 17.3. The maximum Gasteiger partial charge on any atom is 0.407 e. The van der Waals surface area contributed by atoms with Gasteiger partial charge in [0.05, 0.1) is 17.7 Å². The zero-order valence-electron chi connectivity index (χ0n) is 12.7. The second kappa shape index (κ2) is 7.31. The maximum atomic E-state index is 11.4. The smallest absolute Gasteiger partial charge is 0.407 e. The van der Waals surface area contributed by atoms with Crippen LogP contribution in [0.5, 0.6) is 5.75 Å². The molecule has 1 rings (SSSR count). The molecular formula is C15H18N2O5. The molecule has 0 unspecified atom stereocenters. The number of nitrogens with zero attached hydrogens (tertiary/aromatic N) is 1. The molecule has 1 aromatic rings. The molecule has 7 nitrogen and oxygen atoms in total. The van der Waals surface area contributed by atoms with Crippen molar-refractivity contribution in [3.8, 4) is 11.8 Å². The van der Waals surface area contributed by atoms with Gasteiger partial charge in [0.2, 0.25) is 0 Å². The summed E-state index contributed by atoms with van der Waals surface area (Å²) in [5, 5.41) is 20.4. The van der Waals surface area contributed by atoms with Gasteiger partial charge in [-0.15, -0.1) is 0 Å². The lowest BCUT2D eigenvalue weighted by Gasteiger charge is -2.19. The number of nitrogens with one attached hydrogen (secondary N) is 1. The zero-order chi connectivity index (χ0) is 16.8. The average Bonchev–Trinajstić information content (AvgIpc) is 2.41. The molecule has 0 saturated carbocycles. The van der Waals surface area contributed by atoms with Crippen molar-refractivity contribution in [1.82, 2.24) is 5.32 Å². The molecule has 0 bridgehead atoms. The number of carboxylic acids is 1. The van der Waals surface area contributed by atoms with E-state index in [1.165, 1.54) is 18.2 Å². The van der Waals surface area contributed by atoms with Gasteiger partial charge >= 0.3 is 12.1 Å². The molecule has 0 heterocycles. The number of carbonyl (C=O) groups is 2.